The van der Waals surface area contributed by atoms with Gasteiger partial charge in [-0.05, 0) is 39.3 Å². The number of ether oxygens (including phenoxy) is 1. The summed E-state index contributed by atoms with van der Waals surface area (Å²) in [5, 5.41) is 2.76. The molecule has 154 valence electrons. The van der Waals surface area contributed by atoms with E-state index in [0.29, 0.717) is 38.7 Å². The average Bonchev–Trinajstić information content (AvgIpc) is 3.14. The van der Waals surface area contributed by atoms with Gasteiger partial charge in [0.1, 0.15) is 0 Å². The highest BCUT2D eigenvalue weighted by molar-refractivity contribution is 5.82. The van der Waals surface area contributed by atoms with Crippen LogP contribution in [0.1, 0.15) is 25.7 Å². The van der Waals surface area contributed by atoms with Gasteiger partial charge in [-0.15, -0.1) is 0 Å². The Hall–Kier alpha value is -2.00. The summed E-state index contributed by atoms with van der Waals surface area (Å²) in [5.74, 6) is 0.507. The maximum atomic E-state index is 13.7. The lowest BCUT2D eigenvalue weighted by molar-refractivity contribution is -0.143. The summed E-state index contributed by atoms with van der Waals surface area (Å²) in [5.41, 5.74) is -0.297. The van der Waals surface area contributed by atoms with Crippen LogP contribution in [0.25, 0.3) is 0 Å². The van der Waals surface area contributed by atoms with Crippen molar-refractivity contribution >= 4 is 17.7 Å². The normalized spacial score (nSPS) is 25.3. The molecule has 4 rings (SSSR count). The number of carbonyl (C=O) groups excluding carboxylic acids is 1. The largest absolute Gasteiger partial charge is 0.371 e. The summed E-state index contributed by atoms with van der Waals surface area (Å²) in [6, 6.07) is 0.0328. The summed E-state index contributed by atoms with van der Waals surface area (Å²) in [6.45, 7) is 4.33. The number of likely N-dealkylation sites (tertiary alicyclic amines) is 2. The van der Waals surface area contributed by atoms with Crippen molar-refractivity contribution in [3.8, 4) is 0 Å². The van der Waals surface area contributed by atoms with E-state index in [-0.39, 0.29) is 23.4 Å². The van der Waals surface area contributed by atoms with E-state index in [2.05, 4.69) is 25.1 Å². The van der Waals surface area contributed by atoms with Crippen LogP contribution in [0, 0.1) is 5.82 Å². The molecular weight excluding hydrogens is 363 g/mol. The highest BCUT2D eigenvalue weighted by Crippen LogP contribution is 2.32. The van der Waals surface area contributed by atoms with Crippen LogP contribution in [-0.2, 0) is 9.53 Å². The van der Waals surface area contributed by atoms with E-state index in [9.17, 15) is 9.18 Å². The smallest absolute Gasteiger partial charge is 0.239 e. The second-order valence-corrected chi connectivity index (χ2v) is 8.03. The van der Waals surface area contributed by atoms with Gasteiger partial charge in [-0.1, -0.05) is 0 Å². The van der Waals surface area contributed by atoms with E-state index in [4.69, 9.17) is 4.74 Å². The number of piperidine rings is 1. The first kappa shape index (κ1) is 19.3. The molecule has 0 saturated carbocycles. The van der Waals surface area contributed by atoms with Gasteiger partial charge >= 0.3 is 0 Å². The zero-order valence-corrected chi connectivity index (χ0v) is 16.7. The molecule has 3 saturated heterocycles. The van der Waals surface area contributed by atoms with Crippen molar-refractivity contribution in [3.05, 3.63) is 12.0 Å². The lowest BCUT2D eigenvalue weighted by Gasteiger charge is -2.47. The molecular formula is C19H29FN6O2. The van der Waals surface area contributed by atoms with Crippen molar-refractivity contribution in [3.63, 3.8) is 0 Å². The maximum absolute atomic E-state index is 13.7. The zero-order chi connectivity index (χ0) is 19.7. The minimum Gasteiger partial charge on any atom is -0.371 e. The van der Waals surface area contributed by atoms with E-state index in [1.54, 1.807) is 7.05 Å². The van der Waals surface area contributed by atoms with E-state index in [0.717, 1.165) is 32.2 Å². The lowest BCUT2D eigenvalue weighted by atomic mass is 9.89. The first-order valence-corrected chi connectivity index (χ1v) is 10.1. The van der Waals surface area contributed by atoms with Crippen molar-refractivity contribution in [2.24, 2.45) is 0 Å². The second kappa shape index (κ2) is 7.79. The molecule has 1 amide bonds. The SMILES string of the molecule is CNc1nc(N2CCOC3(CCN(C(=O)[C@@H]4CCCN4C)CC3)C2)ncc1F. The van der Waals surface area contributed by atoms with Gasteiger partial charge in [0.15, 0.2) is 11.6 Å². The zero-order valence-electron chi connectivity index (χ0n) is 16.7. The summed E-state index contributed by atoms with van der Waals surface area (Å²) in [7, 11) is 3.68. The first-order valence-electron chi connectivity index (χ1n) is 10.1. The Morgan fingerprint density at radius 1 is 1.32 bits per heavy atom. The molecule has 0 unspecified atom stereocenters. The van der Waals surface area contributed by atoms with Crippen molar-refractivity contribution in [2.45, 2.75) is 37.3 Å². The fourth-order valence-corrected chi connectivity index (χ4v) is 4.57. The fourth-order valence-electron chi connectivity index (χ4n) is 4.57. The quantitative estimate of drug-likeness (QED) is 0.821. The van der Waals surface area contributed by atoms with Crippen LogP contribution in [0.3, 0.4) is 0 Å². The molecule has 4 heterocycles. The number of likely N-dealkylation sites (N-methyl/N-ethyl adjacent to an activating group) is 1. The molecule has 3 aliphatic rings. The molecule has 0 radical (unpaired) electrons. The molecule has 1 aromatic heterocycles. The number of nitrogens with zero attached hydrogens (tertiary/aromatic N) is 5. The minimum absolute atomic E-state index is 0.0328. The van der Waals surface area contributed by atoms with Gasteiger partial charge in [0.05, 0.1) is 31.0 Å². The maximum Gasteiger partial charge on any atom is 0.239 e. The third-order valence-electron chi connectivity index (χ3n) is 6.29. The van der Waals surface area contributed by atoms with Crippen LogP contribution in [0.15, 0.2) is 6.20 Å². The van der Waals surface area contributed by atoms with Crippen molar-refractivity contribution in [1.82, 2.24) is 19.8 Å². The van der Waals surface area contributed by atoms with E-state index in [1.807, 2.05) is 11.9 Å². The molecule has 1 atom stereocenters. The number of hydrogen-bond donors (Lipinski definition) is 1. The van der Waals surface area contributed by atoms with Crippen molar-refractivity contribution < 1.29 is 13.9 Å². The van der Waals surface area contributed by atoms with Gasteiger partial charge in [-0.3, -0.25) is 9.69 Å². The molecule has 8 nitrogen and oxygen atoms in total. The van der Waals surface area contributed by atoms with Gasteiger partial charge in [-0.25, -0.2) is 9.37 Å². The molecule has 0 bridgehead atoms. The Morgan fingerprint density at radius 3 is 2.79 bits per heavy atom. The number of rotatable bonds is 3. The Labute approximate surface area is 165 Å². The molecule has 9 heteroatoms. The van der Waals surface area contributed by atoms with Gasteiger partial charge in [0.2, 0.25) is 11.9 Å². The molecule has 28 heavy (non-hydrogen) atoms. The minimum atomic E-state index is -0.460. The predicted molar refractivity (Wildman–Crippen MR) is 104 cm³/mol. The number of aromatic nitrogens is 2. The third-order valence-corrected chi connectivity index (χ3v) is 6.29. The number of halogens is 1. The van der Waals surface area contributed by atoms with Crippen LogP contribution in [0.2, 0.25) is 0 Å². The topological polar surface area (TPSA) is 73.8 Å². The average molecular weight is 392 g/mol. The first-order chi connectivity index (χ1) is 13.5. The van der Waals surface area contributed by atoms with Gasteiger partial charge in [0.25, 0.3) is 0 Å². The van der Waals surface area contributed by atoms with Gasteiger partial charge in [-0.2, -0.15) is 4.98 Å². The van der Waals surface area contributed by atoms with Crippen molar-refractivity contribution in [1.29, 1.82) is 0 Å². The highest BCUT2D eigenvalue weighted by Gasteiger charge is 2.42. The number of amides is 1. The Balaban J connectivity index is 1.40. The Kier molecular flexibility index (Phi) is 5.37. The molecule has 0 aromatic carbocycles. The summed E-state index contributed by atoms with van der Waals surface area (Å²) in [4.78, 5) is 27.5. The molecule has 1 aromatic rings. The molecule has 3 fully saturated rings. The number of hydrogen-bond acceptors (Lipinski definition) is 7. The van der Waals surface area contributed by atoms with Crippen molar-refractivity contribution in [2.75, 3.05) is 63.6 Å². The van der Waals surface area contributed by atoms with Gasteiger partial charge in [0, 0.05) is 26.7 Å². The summed E-state index contributed by atoms with van der Waals surface area (Å²) in [6.07, 6.45) is 4.85. The van der Waals surface area contributed by atoms with Crippen LogP contribution in [-0.4, -0.2) is 90.7 Å². The fraction of sp³-hybridized carbons (Fsp3) is 0.737. The summed E-state index contributed by atoms with van der Waals surface area (Å²) >= 11 is 0. The number of anilines is 2. The number of morpholine rings is 1. The van der Waals surface area contributed by atoms with E-state index < -0.39 is 5.82 Å². The molecule has 1 N–H and O–H groups in total. The van der Waals surface area contributed by atoms with E-state index in [1.165, 1.54) is 6.20 Å². The van der Waals surface area contributed by atoms with Crippen LogP contribution in [0.5, 0.6) is 0 Å². The second-order valence-electron chi connectivity index (χ2n) is 8.03. The van der Waals surface area contributed by atoms with Gasteiger partial charge < -0.3 is 19.9 Å². The lowest BCUT2D eigenvalue weighted by Crippen LogP contribution is -2.59. The number of nitrogens with one attached hydrogen (secondary N) is 1. The Bertz CT molecular complexity index is 724. The standard InChI is InChI=1S/C19H29FN6O2/c1-21-16-14(20)12-22-18(23-16)26-10-11-28-19(13-26)5-8-25(9-6-19)17(27)15-4-3-7-24(15)2/h12,15H,3-11,13H2,1-2H3,(H,21,22,23)/t15-/m0/s1. The molecule has 1 spiro atoms. The third kappa shape index (κ3) is 3.65. The molecule has 0 aliphatic carbocycles. The number of carbonyl (C=O) groups is 1. The Morgan fingerprint density at radius 2 is 2.11 bits per heavy atom. The van der Waals surface area contributed by atoms with Crippen LogP contribution < -0.4 is 10.2 Å². The monoisotopic (exact) mass is 392 g/mol. The van der Waals surface area contributed by atoms with Crippen LogP contribution in [0.4, 0.5) is 16.2 Å². The van der Waals surface area contributed by atoms with E-state index >= 15 is 0 Å². The molecule has 3 aliphatic heterocycles. The predicted octanol–water partition coefficient (Wildman–Crippen LogP) is 0.949. The summed E-state index contributed by atoms with van der Waals surface area (Å²) < 4.78 is 19.9. The van der Waals surface area contributed by atoms with Crippen LogP contribution >= 0.6 is 0 Å². The highest BCUT2D eigenvalue weighted by atomic mass is 19.1.